The zero-order chi connectivity index (χ0) is 12.4. The Hall–Kier alpha value is -0.710. The number of hydrogen-bond acceptors (Lipinski definition) is 3. The lowest BCUT2D eigenvalue weighted by molar-refractivity contribution is 0.348. The van der Waals surface area contributed by atoms with Gasteiger partial charge in [-0.25, -0.2) is 9.48 Å². The van der Waals surface area contributed by atoms with Crippen molar-refractivity contribution in [2.45, 2.75) is 46.2 Å². The first-order valence-corrected chi connectivity index (χ1v) is 7.04. The summed E-state index contributed by atoms with van der Waals surface area (Å²) in [7, 11) is 0. The van der Waals surface area contributed by atoms with Crippen LogP contribution in [0.15, 0.2) is 4.79 Å². The number of aromatic nitrogens is 3. The summed E-state index contributed by atoms with van der Waals surface area (Å²) >= 11 is 4.36. The van der Waals surface area contributed by atoms with Crippen LogP contribution in [0.1, 0.15) is 32.5 Å². The van der Waals surface area contributed by atoms with E-state index in [-0.39, 0.29) is 5.69 Å². The third-order valence-electron chi connectivity index (χ3n) is 3.62. The molecule has 1 aromatic rings. The van der Waals surface area contributed by atoms with Crippen LogP contribution in [-0.4, -0.2) is 20.1 Å². The Bertz CT molecular complexity index is 435. The molecule has 1 atom stereocenters. The van der Waals surface area contributed by atoms with E-state index >= 15 is 0 Å². The fourth-order valence-corrected chi connectivity index (χ4v) is 2.81. The molecule has 5 heteroatoms. The summed E-state index contributed by atoms with van der Waals surface area (Å²) < 4.78 is 3.47. The van der Waals surface area contributed by atoms with Gasteiger partial charge in [-0.2, -0.15) is 17.7 Å². The lowest BCUT2D eigenvalue weighted by Gasteiger charge is -2.17. The van der Waals surface area contributed by atoms with Crippen molar-refractivity contribution < 1.29 is 0 Å². The van der Waals surface area contributed by atoms with Crippen LogP contribution in [0.4, 0.5) is 0 Å². The van der Waals surface area contributed by atoms with Crippen molar-refractivity contribution in [3.05, 3.63) is 16.3 Å². The van der Waals surface area contributed by atoms with Gasteiger partial charge in [0.1, 0.15) is 5.82 Å². The van der Waals surface area contributed by atoms with Crippen LogP contribution in [0.2, 0.25) is 0 Å². The summed E-state index contributed by atoms with van der Waals surface area (Å²) in [6.45, 7) is 5.87. The SMILES string of the molecule is CC(C)C(CS)Cn1nc2n(c1=O)CCCC2. The normalized spacial score (nSPS) is 17.2. The predicted molar refractivity (Wildman–Crippen MR) is 71.6 cm³/mol. The van der Waals surface area contributed by atoms with Crippen molar-refractivity contribution >= 4 is 12.6 Å². The number of fused-ring (bicyclic) bond motifs is 1. The smallest absolute Gasteiger partial charge is 0.279 e. The molecular formula is C12H21N3OS. The van der Waals surface area contributed by atoms with Crippen molar-refractivity contribution in [2.75, 3.05) is 5.75 Å². The number of rotatable bonds is 4. The molecule has 0 aromatic carbocycles. The molecule has 2 heterocycles. The molecule has 1 aromatic heterocycles. The van der Waals surface area contributed by atoms with Gasteiger partial charge in [-0.15, -0.1) is 0 Å². The van der Waals surface area contributed by atoms with Crippen LogP contribution in [0, 0.1) is 11.8 Å². The van der Waals surface area contributed by atoms with Gasteiger partial charge in [0.2, 0.25) is 0 Å². The molecule has 0 amide bonds. The molecule has 17 heavy (non-hydrogen) atoms. The van der Waals surface area contributed by atoms with Crippen LogP contribution in [0.3, 0.4) is 0 Å². The average molecular weight is 255 g/mol. The van der Waals surface area contributed by atoms with Crippen molar-refractivity contribution in [1.29, 1.82) is 0 Å². The maximum Gasteiger partial charge on any atom is 0.345 e. The van der Waals surface area contributed by atoms with Gasteiger partial charge in [0, 0.05) is 13.0 Å². The second-order valence-electron chi connectivity index (χ2n) is 5.18. The van der Waals surface area contributed by atoms with E-state index < -0.39 is 0 Å². The van der Waals surface area contributed by atoms with E-state index in [1.165, 1.54) is 0 Å². The van der Waals surface area contributed by atoms with E-state index in [4.69, 9.17) is 0 Å². The van der Waals surface area contributed by atoms with Crippen molar-refractivity contribution in [3.8, 4) is 0 Å². The van der Waals surface area contributed by atoms with Crippen LogP contribution in [0.5, 0.6) is 0 Å². The third-order valence-corrected chi connectivity index (χ3v) is 4.09. The largest absolute Gasteiger partial charge is 0.345 e. The molecule has 0 N–H and O–H groups in total. The molecule has 0 spiro atoms. The lowest BCUT2D eigenvalue weighted by Crippen LogP contribution is -2.30. The van der Waals surface area contributed by atoms with Crippen molar-refractivity contribution in [3.63, 3.8) is 0 Å². The molecule has 0 saturated heterocycles. The summed E-state index contributed by atoms with van der Waals surface area (Å²) in [5.74, 6) is 2.70. The highest BCUT2D eigenvalue weighted by Crippen LogP contribution is 2.15. The fraction of sp³-hybridized carbons (Fsp3) is 0.833. The first-order chi connectivity index (χ1) is 8.13. The van der Waals surface area contributed by atoms with Gasteiger partial charge in [0.25, 0.3) is 0 Å². The summed E-state index contributed by atoms with van der Waals surface area (Å²) in [5.41, 5.74) is 0.0622. The Morgan fingerprint density at radius 1 is 1.41 bits per heavy atom. The molecule has 0 aliphatic carbocycles. The second-order valence-corrected chi connectivity index (χ2v) is 5.54. The quantitative estimate of drug-likeness (QED) is 0.830. The van der Waals surface area contributed by atoms with Crippen molar-refractivity contribution in [2.24, 2.45) is 11.8 Å². The molecule has 1 unspecified atom stereocenters. The number of aryl methyl sites for hydroxylation is 1. The highest BCUT2D eigenvalue weighted by atomic mass is 32.1. The Balaban J connectivity index is 2.22. The number of thiol groups is 1. The molecule has 4 nitrogen and oxygen atoms in total. The van der Waals surface area contributed by atoms with Crippen LogP contribution < -0.4 is 5.69 Å². The standard InChI is InChI=1S/C12H21N3OS/c1-9(2)10(8-17)7-15-12(16)14-6-4-3-5-11(14)13-15/h9-10,17H,3-8H2,1-2H3. The number of nitrogens with zero attached hydrogens (tertiary/aromatic N) is 3. The molecule has 0 fully saturated rings. The summed E-state index contributed by atoms with van der Waals surface area (Å²) in [4.78, 5) is 12.1. The minimum Gasteiger partial charge on any atom is -0.279 e. The summed E-state index contributed by atoms with van der Waals surface area (Å²) in [5, 5.41) is 4.45. The lowest BCUT2D eigenvalue weighted by atomic mass is 9.98. The van der Waals surface area contributed by atoms with Crippen LogP contribution in [-0.2, 0) is 19.5 Å². The van der Waals surface area contributed by atoms with Crippen molar-refractivity contribution in [1.82, 2.24) is 14.3 Å². The van der Waals surface area contributed by atoms with E-state index in [0.717, 1.165) is 37.4 Å². The molecule has 96 valence electrons. The van der Waals surface area contributed by atoms with Crippen LogP contribution in [0.25, 0.3) is 0 Å². The Morgan fingerprint density at radius 3 is 2.76 bits per heavy atom. The maximum atomic E-state index is 12.1. The van der Waals surface area contributed by atoms with Gasteiger partial charge in [0.05, 0.1) is 6.54 Å². The molecule has 1 aliphatic rings. The van der Waals surface area contributed by atoms with E-state index in [1.54, 1.807) is 4.68 Å². The summed E-state index contributed by atoms with van der Waals surface area (Å²) in [6, 6.07) is 0. The Kier molecular flexibility index (Phi) is 3.97. The van der Waals surface area contributed by atoms with Gasteiger partial charge in [0.15, 0.2) is 0 Å². The molecule has 2 rings (SSSR count). The molecule has 0 saturated carbocycles. The molecule has 0 radical (unpaired) electrons. The van der Waals surface area contributed by atoms with Gasteiger partial charge in [-0.1, -0.05) is 13.8 Å². The second kappa shape index (κ2) is 5.29. The predicted octanol–water partition coefficient (Wildman–Crippen LogP) is 1.58. The van der Waals surface area contributed by atoms with Gasteiger partial charge in [-0.3, -0.25) is 4.57 Å². The third kappa shape index (κ3) is 2.59. The maximum absolute atomic E-state index is 12.1. The Labute approximate surface area is 107 Å². The average Bonchev–Trinajstić information content (AvgIpc) is 2.63. The monoisotopic (exact) mass is 255 g/mol. The van der Waals surface area contributed by atoms with E-state index in [1.807, 2.05) is 4.57 Å². The first kappa shape index (κ1) is 12.7. The summed E-state index contributed by atoms with van der Waals surface area (Å²) in [6.07, 6.45) is 3.19. The minimum atomic E-state index is 0.0622. The van der Waals surface area contributed by atoms with Gasteiger partial charge < -0.3 is 0 Å². The highest BCUT2D eigenvalue weighted by molar-refractivity contribution is 7.80. The Morgan fingerprint density at radius 2 is 2.18 bits per heavy atom. The molecule has 0 bridgehead atoms. The fourth-order valence-electron chi connectivity index (χ4n) is 2.27. The minimum absolute atomic E-state index is 0.0622. The zero-order valence-electron chi connectivity index (χ0n) is 10.6. The number of hydrogen-bond donors (Lipinski definition) is 1. The van der Waals surface area contributed by atoms with Crippen LogP contribution >= 0.6 is 12.6 Å². The first-order valence-electron chi connectivity index (χ1n) is 6.41. The topological polar surface area (TPSA) is 39.8 Å². The highest BCUT2D eigenvalue weighted by Gasteiger charge is 2.19. The van der Waals surface area contributed by atoms with Gasteiger partial charge in [-0.05, 0) is 30.4 Å². The molecule has 1 aliphatic heterocycles. The van der Waals surface area contributed by atoms with E-state index in [9.17, 15) is 4.79 Å². The van der Waals surface area contributed by atoms with E-state index in [0.29, 0.717) is 18.4 Å². The van der Waals surface area contributed by atoms with E-state index in [2.05, 4.69) is 31.6 Å². The van der Waals surface area contributed by atoms with Gasteiger partial charge >= 0.3 is 5.69 Å². The molecular weight excluding hydrogens is 234 g/mol. The zero-order valence-corrected chi connectivity index (χ0v) is 11.5.